The molecule has 0 unspecified atom stereocenters. The highest BCUT2D eigenvalue weighted by Gasteiger charge is 2.17. The highest BCUT2D eigenvalue weighted by atomic mass is 16.1. The zero-order valence-electron chi connectivity index (χ0n) is 15.5. The van der Waals surface area contributed by atoms with E-state index in [0.29, 0.717) is 5.56 Å². The monoisotopic (exact) mass is 356 g/mol. The van der Waals surface area contributed by atoms with Crippen LogP contribution < -0.4 is 0 Å². The molecule has 0 spiro atoms. The van der Waals surface area contributed by atoms with Crippen LogP contribution >= 0.6 is 0 Å². The molecular formula is C22H20N4O. The molecule has 4 aromatic rings. The Bertz CT molecular complexity index is 1090. The first-order chi connectivity index (χ1) is 13.0. The predicted octanol–water partition coefficient (Wildman–Crippen LogP) is 4.21. The summed E-state index contributed by atoms with van der Waals surface area (Å²) in [5.41, 5.74) is 6.39. The fraction of sp³-hybridized carbons (Fsp3) is 0.136. The standard InChI is InChI=1S/C22H20N4O/c1-15-10-16(2)21(17(3)11-15)22(27)18-4-5-19(25-8-6-23-13-25)20(12-18)26-9-7-24-14-26/h4-14H,1-3H3. The summed E-state index contributed by atoms with van der Waals surface area (Å²) in [5, 5.41) is 0. The van der Waals surface area contributed by atoms with E-state index in [0.717, 1.165) is 33.6 Å². The molecule has 2 aromatic carbocycles. The summed E-state index contributed by atoms with van der Waals surface area (Å²) in [7, 11) is 0. The quantitative estimate of drug-likeness (QED) is 0.515. The Morgan fingerprint density at radius 1 is 0.815 bits per heavy atom. The molecule has 27 heavy (non-hydrogen) atoms. The lowest BCUT2D eigenvalue weighted by molar-refractivity contribution is 0.103. The average Bonchev–Trinajstić information content (AvgIpc) is 3.34. The summed E-state index contributed by atoms with van der Waals surface area (Å²) in [6.45, 7) is 6.03. The first-order valence-corrected chi connectivity index (χ1v) is 8.78. The topological polar surface area (TPSA) is 52.7 Å². The normalized spacial score (nSPS) is 10.9. The van der Waals surface area contributed by atoms with Crippen molar-refractivity contribution < 1.29 is 4.79 Å². The highest BCUT2D eigenvalue weighted by molar-refractivity contribution is 6.11. The number of imidazole rings is 2. The van der Waals surface area contributed by atoms with Crippen LogP contribution in [0.4, 0.5) is 0 Å². The number of carbonyl (C=O) groups is 1. The number of carbonyl (C=O) groups excluding carboxylic acids is 1. The van der Waals surface area contributed by atoms with E-state index in [-0.39, 0.29) is 5.78 Å². The van der Waals surface area contributed by atoms with E-state index in [2.05, 4.69) is 22.1 Å². The highest BCUT2D eigenvalue weighted by Crippen LogP contribution is 2.25. The molecule has 5 nitrogen and oxygen atoms in total. The second kappa shape index (κ2) is 6.68. The van der Waals surface area contributed by atoms with Crippen LogP contribution in [-0.4, -0.2) is 24.9 Å². The van der Waals surface area contributed by atoms with Crippen molar-refractivity contribution in [3.8, 4) is 11.4 Å². The van der Waals surface area contributed by atoms with Gasteiger partial charge >= 0.3 is 0 Å². The molecule has 4 rings (SSSR count). The van der Waals surface area contributed by atoms with Gasteiger partial charge in [0.25, 0.3) is 0 Å². The minimum Gasteiger partial charge on any atom is -0.304 e. The van der Waals surface area contributed by atoms with Gasteiger partial charge in [0.05, 0.1) is 24.0 Å². The van der Waals surface area contributed by atoms with Crippen molar-refractivity contribution in [1.82, 2.24) is 19.1 Å². The molecule has 0 saturated carbocycles. The molecule has 0 radical (unpaired) electrons. The summed E-state index contributed by atoms with van der Waals surface area (Å²) >= 11 is 0. The minimum absolute atomic E-state index is 0.0311. The van der Waals surface area contributed by atoms with Gasteiger partial charge in [0.2, 0.25) is 0 Å². The van der Waals surface area contributed by atoms with Crippen molar-refractivity contribution in [3.05, 3.63) is 95.6 Å². The number of hydrogen-bond acceptors (Lipinski definition) is 3. The molecule has 5 heteroatoms. The second-order valence-corrected chi connectivity index (χ2v) is 6.75. The minimum atomic E-state index is 0.0311. The van der Waals surface area contributed by atoms with E-state index in [9.17, 15) is 4.79 Å². The summed E-state index contributed by atoms with van der Waals surface area (Å²) in [6.07, 6.45) is 10.7. The lowest BCUT2D eigenvalue weighted by Gasteiger charge is -2.15. The second-order valence-electron chi connectivity index (χ2n) is 6.75. The van der Waals surface area contributed by atoms with Crippen molar-refractivity contribution in [2.75, 3.05) is 0 Å². The first kappa shape index (κ1) is 17.0. The fourth-order valence-corrected chi connectivity index (χ4v) is 3.58. The van der Waals surface area contributed by atoms with Crippen LogP contribution in [0.3, 0.4) is 0 Å². The van der Waals surface area contributed by atoms with Crippen LogP contribution in [0.2, 0.25) is 0 Å². The van der Waals surface area contributed by atoms with E-state index < -0.39 is 0 Å². The molecule has 134 valence electrons. The van der Waals surface area contributed by atoms with Gasteiger partial charge in [-0.15, -0.1) is 0 Å². The van der Waals surface area contributed by atoms with Crippen LogP contribution in [0, 0.1) is 20.8 Å². The van der Waals surface area contributed by atoms with Crippen molar-refractivity contribution in [3.63, 3.8) is 0 Å². The van der Waals surface area contributed by atoms with Crippen molar-refractivity contribution in [2.45, 2.75) is 20.8 Å². The van der Waals surface area contributed by atoms with Gasteiger partial charge in [0.1, 0.15) is 0 Å². The zero-order chi connectivity index (χ0) is 19.0. The predicted molar refractivity (Wildman–Crippen MR) is 105 cm³/mol. The molecule has 0 N–H and O–H groups in total. The van der Waals surface area contributed by atoms with E-state index in [1.807, 2.05) is 60.5 Å². The summed E-state index contributed by atoms with van der Waals surface area (Å²) in [6, 6.07) is 9.84. The number of hydrogen-bond donors (Lipinski definition) is 0. The van der Waals surface area contributed by atoms with E-state index in [1.165, 1.54) is 0 Å². The van der Waals surface area contributed by atoms with Crippen molar-refractivity contribution >= 4 is 5.78 Å². The van der Waals surface area contributed by atoms with Gasteiger partial charge in [-0.25, -0.2) is 9.97 Å². The Kier molecular flexibility index (Phi) is 4.20. The maximum Gasteiger partial charge on any atom is 0.193 e. The maximum absolute atomic E-state index is 13.3. The SMILES string of the molecule is Cc1cc(C)c(C(=O)c2ccc(-n3ccnc3)c(-n3ccnc3)c2)c(C)c1. The third-order valence-electron chi connectivity index (χ3n) is 4.71. The van der Waals surface area contributed by atoms with Crippen LogP contribution in [-0.2, 0) is 0 Å². The summed E-state index contributed by atoms with van der Waals surface area (Å²) in [5.74, 6) is 0.0311. The van der Waals surface area contributed by atoms with Gasteiger partial charge in [0.15, 0.2) is 5.78 Å². The molecule has 0 saturated heterocycles. The van der Waals surface area contributed by atoms with Crippen LogP contribution in [0.1, 0.15) is 32.6 Å². The molecule has 0 fully saturated rings. The third-order valence-corrected chi connectivity index (χ3v) is 4.71. The van der Waals surface area contributed by atoms with Crippen LogP contribution in [0.25, 0.3) is 11.4 Å². The molecule has 0 aliphatic rings. The van der Waals surface area contributed by atoms with E-state index >= 15 is 0 Å². The number of nitrogens with zero attached hydrogens (tertiary/aromatic N) is 4. The molecule has 2 aromatic heterocycles. The number of ketones is 1. The average molecular weight is 356 g/mol. The molecule has 0 aliphatic carbocycles. The van der Waals surface area contributed by atoms with E-state index in [1.54, 1.807) is 25.0 Å². The fourth-order valence-electron chi connectivity index (χ4n) is 3.58. The Labute approximate surface area is 158 Å². The number of aryl methyl sites for hydroxylation is 3. The van der Waals surface area contributed by atoms with Gasteiger partial charge in [-0.1, -0.05) is 17.7 Å². The smallest absolute Gasteiger partial charge is 0.193 e. The van der Waals surface area contributed by atoms with Crippen LogP contribution in [0.15, 0.2) is 67.8 Å². The van der Waals surface area contributed by atoms with Gasteiger partial charge < -0.3 is 9.13 Å². The lowest BCUT2D eigenvalue weighted by Crippen LogP contribution is -2.09. The molecular weight excluding hydrogens is 336 g/mol. The Hall–Kier alpha value is -3.47. The van der Waals surface area contributed by atoms with Crippen molar-refractivity contribution in [2.24, 2.45) is 0 Å². The van der Waals surface area contributed by atoms with Gasteiger partial charge in [0, 0.05) is 35.9 Å². The van der Waals surface area contributed by atoms with Gasteiger partial charge in [-0.05, 0) is 50.1 Å². The molecule has 0 atom stereocenters. The molecule has 0 aliphatic heterocycles. The lowest BCUT2D eigenvalue weighted by atomic mass is 9.93. The molecule has 2 heterocycles. The summed E-state index contributed by atoms with van der Waals surface area (Å²) in [4.78, 5) is 21.5. The van der Waals surface area contributed by atoms with Crippen LogP contribution in [0.5, 0.6) is 0 Å². The maximum atomic E-state index is 13.3. The Balaban J connectivity index is 1.86. The first-order valence-electron chi connectivity index (χ1n) is 8.78. The van der Waals surface area contributed by atoms with Crippen molar-refractivity contribution in [1.29, 1.82) is 0 Å². The number of rotatable bonds is 4. The summed E-state index contributed by atoms with van der Waals surface area (Å²) < 4.78 is 3.83. The largest absolute Gasteiger partial charge is 0.304 e. The zero-order valence-corrected chi connectivity index (χ0v) is 15.5. The van der Waals surface area contributed by atoms with Gasteiger partial charge in [-0.3, -0.25) is 4.79 Å². The number of aromatic nitrogens is 4. The molecule has 0 amide bonds. The van der Waals surface area contributed by atoms with Gasteiger partial charge in [-0.2, -0.15) is 0 Å². The Morgan fingerprint density at radius 2 is 1.41 bits per heavy atom. The molecule has 0 bridgehead atoms. The van der Waals surface area contributed by atoms with E-state index in [4.69, 9.17) is 0 Å². The Morgan fingerprint density at radius 3 is 1.96 bits per heavy atom. The third kappa shape index (κ3) is 3.08. The number of benzene rings is 2.